The van der Waals surface area contributed by atoms with Gasteiger partial charge in [0.2, 0.25) is 10.0 Å². The van der Waals surface area contributed by atoms with Crippen molar-refractivity contribution in [2.75, 3.05) is 46.3 Å². The van der Waals surface area contributed by atoms with E-state index < -0.39 is 10.0 Å². The molecule has 2 fully saturated rings. The Morgan fingerprint density at radius 2 is 1.47 bits per heavy atom. The van der Waals surface area contributed by atoms with Crippen LogP contribution in [0.5, 0.6) is 0 Å². The number of benzene rings is 2. The van der Waals surface area contributed by atoms with Crippen LogP contribution in [0.3, 0.4) is 0 Å². The molecule has 0 unspecified atom stereocenters. The van der Waals surface area contributed by atoms with Crippen LogP contribution in [0.2, 0.25) is 0 Å². The third-order valence-electron chi connectivity index (χ3n) is 6.67. The second-order valence-corrected chi connectivity index (χ2v) is 11.0. The maximum atomic E-state index is 12.9. The molecule has 4 rings (SSSR count). The Labute approximate surface area is 191 Å². The van der Waals surface area contributed by atoms with Crippen molar-refractivity contribution < 1.29 is 13.2 Å². The van der Waals surface area contributed by atoms with Crippen molar-refractivity contribution in [3.05, 3.63) is 71.3 Å². The summed E-state index contributed by atoms with van der Waals surface area (Å²) in [7, 11) is -1.33. The molecule has 0 N–H and O–H groups in total. The van der Waals surface area contributed by atoms with Crippen LogP contribution >= 0.6 is 0 Å². The van der Waals surface area contributed by atoms with Crippen molar-refractivity contribution in [2.45, 2.75) is 25.0 Å². The van der Waals surface area contributed by atoms with E-state index in [-0.39, 0.29) is 11.7 Å². The standard InChI is InChI=1S/C25H33N3O3S/c1-26-15-17-28(18-16-26)32(30,31)20-23-7-9-24(10-8-23)25(29)27-13-11-22(12-14-27)19-21-5-3-2-4-6-21/h2-10,22H,11-20H2,1H3. The lowest BCUT2D eigenvalue weighted by Gasteiger charge is -2.32. The van der Waals surface area contributed by atoms with E-state index in [1.165, 1.54) is 5.56 Å². The normalized spacial score (nSPS) is 19.2. The minimum absolute atomic E-state index is 0.0178. The Morgan fingerprint density at radius 1 is 0.844 bits per heavy atom. The van der Waals surface area contributed by atoms with Crippen molar-refractivity contribution in [1.82, 2.24) is 14.1 Å². The number of sulfonamides is 1. The highest BCUT2D eigenvalue weighted by Crippen LogP contribution is 2.23. The summed E-state index contributed by atoms with van der Waals surface area (Å²) in [4.78, 5) is 17.0. The molecule has 0 radical (unpaired) electrons. The van der Waals surface area contributed by atoms with E-state index >= 15 is 0 Å². The lowest BCUT2D eigenvalue weighted by molar-refractivity contribution is 0.0690. The number of hydrogen-bond donors (Lipinski definition) is 0. The van der Waals surface area contributed by atoms with Gasteiger partial charge in [0.25, 0.3) is 5.91 Å². The van der Waals surface area contributed by atoms with Gasteiger partial charge in [-0.3, -0.25) is 4.79 Å². The molecule has 2 aliphatic rings. The molecule has 2 aromatic rings. The zero-order valence-electron chi connectivity index (χ0n) is 18.8. The Morgan fingerprint density at radius 3 is 2.09 bits per heavy atom. The highest BCUT2D eigenvalue weighted by molar-refractivity contribution is 7.88. The van der Waals surface area contributed by atoms with Crippen LogP contribution < -0.4 is 0 Å². The van der Waals surface area contributed by atoms with Gasteiger partial charge < -0.3 is 9.80 Å². The van der Waals surface area contributed by atoms with Gasteiger partial charge in [-0.1, -0.05) is 42.5 Å². The third-order valence-corrected chi connectivity index (χ3v) is 8.52. The fourth-order valence-electron chi connectivity index (χ4n) is 4.58. The SMILES string of the molecule is CN1CCN(S(=O)(=O)Cc2ccc(C(=O)N3CCC(Cc4ccccc4)CC3)cc2)CC1. The molecule has 0 bridgehead atoms. The van der Waals surface area contributed by atoms with Crippen LogP contribution in [0.1, 0.15) is 34.3 Å². The quantitative estimate of drug-likeness (QED) is 0.672. The van der Waals surface area contributed by atoms with E-state index in [1.807, 2.05) is 18.0 Å². The minimum Gasteiger partial charge on any atom is -0.339 e. The number of amides is 1. The van der Waals surface area contributed by atoms with E-state index in [9.17, 15) is 13.2 Å². The molecule has 0 aliphatic carbocycles. The van der Waals surface area contributed by atoms with E-state index in [4.69, 9.17) is 0 Å². The van der Waals surface area contributed by atoms with E-state index in [0.717, 1.165) is 51.0 Å². The molecule has 0 atom stereocenters. The molecular formula is C25H33N3O3S. The van der Waals surface area contributed by atoms with Crippen LogP contribution in [0.25, 0.3) is 0 Å². The average Bonchev–Trinajstić information content (AvgIpc) is 2.80. The van der Waals surface area contributed by atoms with Gasteiger partial charge in [0, 0.05) is 44.8 Å². The summed E-state index contributed by atoms with van der Waals surface area (Å²) in [6.45, 7) is 4.14. The first-order valence-electron chi connectivity index (χ1n) is 11.5. The predicted molar refractivity (Wildman–Crippen MR) is 127 cm³/mol. The summed E-state index contributed by atoms with van der Waals surface area (Å²) >= 11 is 0. The molecule has 32 heavy (non-hydrogen) atoms. The first-order valence-corrected chi connectivity index (χ1v) is 13.1. The van der Waals surface area contributed by atoms with Gasteiger partial charge in [-0.25, -0.2) is 8.42 Å². The molecule has 2 aromatic carbocycles. The van der Waals surface area contributed by atoms with Crippen LogP contribution in [-0.2, 0) is 22.2 Å². The van der Waals surface area contributed by atoms with Gasteiger partial charge in [-0.15, -0.1) is 0 Å². The number of carbonyl (C=O) groups is 1. The second kappa shape index (κ2) is 10.1. The maximum Gasteiger partial charge on any atom is 0.253 e. The fourth-order valence-corrected chi connectivity index (χ4v) is 6.10. The largest absolute Gasteiger partial charge is 0.339 e. The van der Waals surface area contributed by atoms with Crippen molar-refractivity contribution in [3.63, 3.8) is 0 Å². The number of rotatable bonds is 6. The number of nitrogens with zero attached hydrogens (tertiary/aromatic N) is 3. The second-order valence-electron chi connectivity index (χ2n) is 9.08. The lowest BCUT2D eigenvalue weighted by atomic mass is 9.90. The average molecular weight is 456 g/mol. The van der Waals surface area contributed by atoms with E-state index in [0.29, 0.717) is 24.6 Å². The summed E-state index contributed by atoms with van der Waals surface area (Å²) in [6.07, 6.45) is 3.10. The molecule has 2 saturated heterocycles. The molecule has 7 heteroatoms. The number of piperidine rings is 1. The topological polar surface area (TPSA) is 60.9 Å². The Kier molecular flexibility index (Phi) is 7.28. The number of likely N-dealkylation sites (N-methyl/N-ethyl adjacent to an activating group) is 1. The number of piperazine rings is 1. The van der Waals surface area contributed by atoms with Crippen molar-refractivity contribution >= 4 is 15.9 Å². The minimum atomic E-state index is -3.33. The van der Waals surface area contributed by atoms with Gasteiger partial charge in [-0.2, -0.15) is 4.31 Å². The molecule has 2 aliphatic heterocycles. The highest BCUT2D eigenvalue weighted by Gasteiger charge is 2.27. The smallest absolute Gasteiger partial charge is 0.253 e. The number of likely N-dealkylation sites (tertiary alicyclic amines) is 1. The first-order chi connectivity index (χ1) is 15.4. The zero-order chi connectivity index (χ0) is 22.6. The van der Waals surface area contributed by atoms with Crippen LogP contribution in [0, 0.1) is 5.92 Å². The molecule has 0 spiro atoms. The molecule has 0 saturated carbocycles. The number of carbonyl (C=O) groups excluding carboxylic acids is 1. The summed E-state index contributed by atoms with van der Waals surface area (Å²) in [5, 5.41) is 0. The summed E-state index contributed by atoms with van der Waals surface area (Å²) in [5.74, 6) is 0.635. The maximum absolute atomic E-state index is 12.9. The molecule has 1 amide bonds. The van der Waals surface area contributed by atoms with Gasteiger partial charge in [0.15, 0.2) is 0 Å². The Hall–Kier alpha value is -2.22. The van der Waals surface area contributed by atoms with Gasteiger partial charge in [0.05, 0.1) is 5.75 Å². The van der Waals surface area contributed by atoms with Crippen LogP contribution in [0.4, 0.5) is 0 Å². The summed E-state index contributed by atoms with van der Waals surface area (Å²) in [5.41, 5.74) is 2.72. The van der Waals surface area contributed by atoms with Gasteiger partial charge >= 0.3 is 0 Å². The van der Waals surface area contributed by atoms with Gasteiger partial charge in [0.1, 0.15) is 0 Å². The molecule has 2 heterocycles. The predicted octanol–water partition coefficient (Wildman–Crippen LogP) is 2.86. The van der Waals surface area contributed by atoms with Gasteiger partial charge in [-0.05, 0) is 55.5 Å². The molecule has 6 nitrogen and oxygen atoms in total. The Bertz CT molecular complexity index is 992. The molecule has 172 valence electrons. The molecular weight excluding hydrogens is 422 g/mol. The fraction of sp³-hybridized carbons (Fsp3) is 0.480. The van der Waals surface area contributed by atoms with Crippen molar-refractivity contribution in [3.8, 4) is 0 Å². The summed E-state index contributed by atoms with van der Waals surface area (Å²) in [6, 6.07) is 17.6. The first kappa shape index (κ1) is 23.0. The van der Waals surface area contributed by atoms with Crippen molar-refractivity contribution in [1.29, 1.82) is 0 Å². The van der Waals surface area contributed by atoms with Crippen LogP contribution in [-0.4, -0.2) is 74.7 Å². The monoisotopic (exact) mass is 455 g/mol. The Balaban J connectivity index is 1.30. The van der Waals surface area contributed by atoms with Crippen molar-refractivity contribution in [2.24, 2.45) is 5.92 Å². The van der Waals surface area contributed by atoms with Crippen LogP contribution in [0.15, 0.2) is 54.6 Å². The number of hydrogen-bond acceptors (Lipinski definition) is 4. The summed E-state index contributed by atoms with van der Waals surface area (Å²) < 4.78 is 27.0. The highest BCUT2D eigenvalue weighted by atomic mass is 32.2. The van der Waals surface area contributed by atoms with E-state index in [2.05, 4.69) is 29.2 Å². The third kappa shape index (κ3) is 5.77. The van der Waals surface area contributed by atoms with E-state index in [1.54, 1.807) is 28.6 Å². The molecule has 0 aromatic heterocycles. The zero-order valence-corrected chi connectivity index (χ0v) is 19.6. The lowest BCUT2D eigenvalue weighted by Crippen LogP contribution is -2.47.